The van der Waals surface area contributed by atoms with Gasteiger partial charge in [0.25, 0.3) is 5.91 Å². The van der Waals surface area contributed by atoms with Gasteiger partial charge in [-0.05, 0) is 44.5 Å². The minimum Gasteiger partial charge on any atom is -0.337 e. The van der Waals surface area contributed by atoms with Crippen molar-refractivity contribution in [3.63, 3.8) is 0 Å². The van der Waals surface area contributed by atoms with Crippen LogP contribution in [0.15, 0.2) is 36.5 Å². The minimum atomic E-state index is -0.0610. The maximum atomic E-state index is 12.6. The Hall–Kier alpha value is -1.92. The highest BCUT2D eigenvalue weighted by Gasteiger charge is 2.24. The van der Waals surface area contributed by atoms with Gasteiger partial charge in [0.05, 0.1) is 11.9 Å². The summed E-state index contributed by atoms with van der Waals surface area (Å²) in [6.45, 7) is 1.99. The van der Waals surface area contributed by atoms with Gasteiger partial charge in [0.2, 0.25) is 0 Å². The molecule has 0 radical (unpaired) electrons. The van der Waals surface area contributed by atoms with E-state index in [1.165, 1.54) is 4.80 Å². The first-order chi connectivity index (χ1) is 10.8. The molecule has 1 unspecified atom stereocenters. The molecule has 1 aromatic heterocycles. The van der Waals surface area contributed by atoms with Crippen LogP contribution in [-0.4, -0.2) is 52.0 Å². The standard InChI is InChI=1S/C16H21N5O.ClH/c1-20(13-8-5-10-17-11-9-13)16(22)15-12-18-21(19-15)14-6-3-2-4-7-14;/h2-4,6-7,12-13,17H,5,8-11H2,1H3;1H. The number of carbonyl (C=O) groups excluding carboxylic acids is 1. The Kier molecular flexibility index (Phi) is 6.12. The molecule has 124 valence electrons. The van der Waals surface area contributed by atoms with Crippen molar-refractivity contribution in [2.75, 3.05) is 20.1 Å². The fourth-order valence-corrected chi connectivity index (χ4v) is 2.78. The molecule has 1 N–H and O–H groups in total. The fraction of sp³-hybridized carbons (Fsp3) is 0.438. The second-order valence-electron chi connectivity index (χ2n) is 5.61. The van der Waals surface area contributed by atoms with E-state index in [4.69, 9.17) is 0 Å². The normalized spacial score (nSPS) is 17.9. The van der Waals surface area contributed by atoms with Gasteiger partial charge < -0.3 is 10.2 Å². The van der Waals surface area contributed by atoms with Crippen LogP contribution in [0.4, 0.5) is 0 Å². The number of aromatic nitrogens is 3. The lowest BCUT2D eigenvalue weighted by Crippen LogP contribution is -2.37. The van der Waals surface area contributed by atoms with Crippen LogP contribution in [0.3, 0.4) is 0 Å². The molecule has 1 amide bonds. The van der Waals surface area contributed by atoms with Gasteiger partial charge in [-0.15, -0.1) is 17.5 Å². The molecule has 23 heavy (non-hydrogen) atoms. The first kappa shape index (κ1) is 17.4. The minimum absolute atomic E-state index is 0. The number of hydrogen-bond donors (Lipinski definition) is 1. The van der Waals surface area contributed by atoms with Crippen molar-refractivity contribution in [1.82, 2.24) is 25.2 Å². The van der Waals surface area contributed by atoms with E-state index in [0.717, 1.165) is 38.0 Å². The smallest absolute Gasteiger partial charge is 0.276 e. The van der Waals surface area contributed by atoms with Crippen molar-refractivity contribution in [2.45, 2.75) is 25.3 Å². The molecule has 3 rings (SSSR count). The second-order valence-corrected chi connectivity index (χ2v) is 5.61. The van der Waals surface area contributed by atoms with Gasteiger partial charge in [-0.2, -0.15) is 9.90 Å². The molecular formula is C16H22ClN5O. The van der Waals surface area contributed by atoms with E-state index in [0.29, 0.717) is 5.69 Å². The molecular weight excluding hydrogens is 314 g/mol. The van der Waals surface area contributed by atoms with Crippen LogP contribution in [0, 0.1) is 0 Å². The maximum absolute atomic E-state index is 12.6. The van der Waals surface area contributed by atoms with Crippen LogP contribution >= 0.6 is 12.4 Å². The second kappa shape index (κ2) is 8.08. The van der Waals surface area contributed by atoms with Crippen molar-refractivity contribution in [3.8, 4) is 5.69 Å². The van der Waals surface area contributed by atoms with Crippen LogP contribution in [0.2, 0.25) is 0 Å². The van der Waals surface area contributed by atoms with E-state index >= 15 is 0 Å². The average Bonchev–Trinajstić information content (AvgIpc) is 2.90. The van der Waals surface area contributed by atoms with Crippen molar-refractivity contribution in [3.05, 3.63) is 42.2 Å². The monoisotopic (exact) mass is 335 g/mol. The Labute approximate surface area is 142 Å². The summed E-state index contributed by atoms with van der Waals surface area (Å²) >= 11 is 0. The van der Waals surface area contributed by atoms with Gasteiger partial charge in [-0.3, -0.25) is 4.79 Å². The Morgan fingerprint density at radius 2 is 2.04 bits per heavy atom. The Balaban J connectivity index is 0.00000192. The molecule has 7 heteroatoms. The van der Waals surface area contributed by atoms with Gasteiger partial charge in [0, 0.05) is 13.1 Å². The highest BCUT2D eigenvalue weighted by molar-refractivity contribution is 5.92. The average molecular weight is 336 g/mol. The van der Waals surface area contributed by atoms with E-state index in [-0.39, 0.29) is 24.4 Å². The topological polar surface area (TPSA) is 63.1 Å². The number of halogens is 1. The number of amides is 1. The predicted octanol–water partition coefficient (Wildman–Crippen LogP) is 1.90. The van der Waals surface area contributed by atoms with Crippen molar-refractivity contribution in [2.24, 2.45) is 0 Å². The summed E-state index contributed by atoms with van der Waals surface area (Å²) in [6, 6.07) is 9.87. The van der Waals surface area contributed by atoms with Crippen LogP contribution in [0.1, 0.15) is 29.8 Å². The van der Waals surface area contributed by atoms with E-state index in [9.17, 15) is 4.79 Å². The summed E-state index contributed by atoms with van der Waals surface area (Å²) in [4.78, 5) is 15.9. The van der Waals surface area contributed by atoms with E-state index < -0.39 is 0 Å². The lowest BCUT2D eigenvalue weighted by Gasteiger charge is -2.26. The van der Waals surface area contributed by atoms with Crippen molar-refractivity contribution < 1.29 is 4.79 Å². The van der Waals surface area contributed by atoms with Gasteiger partial charge >= 0.3 is 0 Å². The Morgan fingerprint density at radius 3 is 2.83 bits per heavy atom. The van der Waals surface area contributed by atoms with Crippen LogP contribution in [0.5, 0.6) is 0 Å². The molecule has 1 aliphatic heterocycles. The summed E-state index contributed by atoms with van der Waals surface area (Å²) in [5, 5.41) is 11.9. The third kappa shape index (κ3) is 4.09. The Bertz CT molecular complexity index is 622. The summed E-state index contributed by atoms with van der Waals surface area (Å²) in [6.07, 6.45) is 4.65. The van der Waals surface area contributed by atoms with Crippen LogP contribution < -0.4 is 5.32 Å². The number of rotatable bonds is 3. The molecule has 0 spiro atoms. The van der Waals surface area contributed by atoms with Gasteiger partial charge in [-0.25, -0.2) is 0 Å². The summed E-state index contributed by atoms with van der Waals surface area (Å²) in [5.74, 6) is -0.0610. The van der Waals surface area contributed by atoms with E-state index in [1.807, 2.05) is 42.3 Å². The number of para-hydroxylation sites is 1. The highest BCUT2D eigenvalue weighted by Crippen LogP contribution is 2.14. The maximum Gasteiger partial charge on any atom is 0.276 e. The highest BCUT2D eigenvalue weighted by atomic mass is 35.5. The zero-order valence-corrected chi connectivity index (χ0v) is 14.0. The number of carbonyl (C=O) groups is 1. The summed E-state index contributed by atoms with van der Waals surface area (Å²) < 4.78 is 0. The quantitative estimate of drug-likeness (QED) is 0.930. The zero-order chi connectivity index (χ0) is 15.4. The molecule has 1 atom stereocenters. The SMILES string of the molecule is CN(C(=O)c1cnn(-c2ccccc2)n1)C1CCCNCC1.Cl. The number of hydrogen-bond acceptors (Lipinski definition) is 4. The predicted molar refractivity (Wildman–Crippen MR) is 91.2 cm³/mol. The third-order valence-corrected chi connectivity index (χ3v) is 4.11. The largest absolute Gasteiger partial charge is 0.337 e. The lowest BCUT2D eigenvalue weighted by molar-refractivity contribution is 0.0714. The van der Waals surface area contributed by atoms with Gasteiger partial charge in [-0.1, -0.05) is 18.2 Å². The first-order valence-electron chi connectivity index (χ1n) is 7.71. The van der Waals surface area contributed by atoms with Gasteiger partial charge in [0.1, 0.15) is 0 Å². The van der Waals surface area contributed by atoms with Crippen molar-refractivity contribution >= 4 is 18.3 Å². The first-order valence-corrected chi connectivity index (χ1v) is 7.71. The molecule has 2 heterocycles. The molecule has 1 fully saturated rings. The molecule has 1 aliphatic rings. The fourth-order valence-electron chi connectivity index (χ4n) is 2.78. The van der Waals surface area contributed by atoms with Crippen LogP contribution in [0.25, 0.3) is 5.69 Å². The zero-order valence-electron chi connectivity index (χ0n) is 13.2. The molecule has 0 saturated carbocycles. The van der Waals surface area contributed by atoms with Crippen molar-refractivity contribution in [1.29, 1.82) is 0 Å². The molecule has 1 aromatic carbocycles. The molecule has 0 aliphatic carbocycles. The van der Waals surface area contributed by atoms with Gasteiger partial charge in [0.15, 0.2) is 5.69 Å². The van der Waals surface area contributed by atoms with Crippen LogP contribution in [-0.2, 0) is 0 Å². The molecule has 0 bridgehead atoms. The van der Waals surface area contributed by atoms with E-state index in [2.05, 4.69) is 15.5 Å². The summed E-state index contributed by atoms with van der Waals surface area (Å²) in [5.41, 5.74) is 1.24. The lowest BCUT2D eigenvalue weighted by atomic mass is 10.1. The molecule has 2 aromatic rings. The van der Waals surface area contributed by atoms with E-state index in [1.54, 1.807) is 6.20 Å². The number of nitrogens with zero attached hydrogens (tertiary/aromatic N) is 4. The number of benzene rings is 1. The molecule has 1 saturated heterocycles. The third-order valence-electron chi connectivity index (χ3n) is 4.11. The number of nitrogens with one attached hydrogen (secondary N) is 1. The molecule has 6 nitrogen and oxygen atoms in total. The Morgan fingerprint density at radius 1 is 1.26 bits per heavy atom. The summed E-state index contributed by atoms with van der Waals surface area (Å²) in [7, 11) is 1.86.